The summed E-state index contributed by atoms with van der Waals surface area (Å²) in [6, 6.07) is 12.0. The van der Waals surface area contributed by atoms with E-state index in [0.717, 1.165) is 29.9 Å². The molecule has 1 aliphatic rings. The number of hydrogen-bond acceptors (Lipinski definition) is 3. The molecule has 0 spiro atoms. The van der Waals surface area contributed by atoms with Crippen molar-refractivity contribution in [1.82, 2.24) is 9.97 Å². The zero-order valence-corrected chi connectivity index (χ0v) is 13.9. The summed E-state index contributed by atoms with van der Waals surface area (Å²) < 4.78 is 0. The third kappa shape index (κ3) is 2.68. The smallest absolute Gasteiger partial charge is 0.257 e. The van der Waals surface area contributed by atoms with Gasteiger partial charge in [0.05, 0.1) is 16.6 Å². The first kappa shape index (κ1) is 14.9. The van der Waals surface area contributed by atoms with Crippen LogP contribution in [0.5, 0.6) is 0 Å². The van der Waals surface area contributed by atoms with E-state index in [1.165, 1.54) is 30.5 Å². The molecule has 2 aromatic heterocycles. The Bertz CT molecular complexity index is 939. The molecule has 4 heteroatoms. The molecule has 0 saturated carbocycles. The van der Waals surface area contributed by atoms with Gasteiger partial charge in [0.15, 0.2) is 0 Å². The van der Waals surface area contributed by atoms with Gasteiger partial charge in [-0.1, -0.05) is 6.07 Å². The van der Waals surface area contributed by atoms with Crippen LogP contribution in [0, 0.1) is 6.92 Å². The number of pyridine rings is 2. The molecule has 24 heavy (non-hydrogen) atoms. The van der Waals surface area contributed by atoms with Crippen molar-refractivity contribution >= 4 is 16.6 Å². The number of rotatable bonds is 2. The molecule has 1 aliphatic heterocycles. The van der Waals surface area contributed by atoms with Gasteiger partial charge in [-0.05, 0) is 67.6 Å². The summed E-state index contributed by atoms with van der Waals surface area (Å²) in [5, 5.41) is 0.628. The monoisotopic (exact) mass is 319 g/mol. The first-order chi connectivity index (χ1) is 11.7. The van der Waals surface area contributed by atoms with Crippen LogP contribution in [0.2, 0.25) is 0 Å². The molecule has 0 unspecified atom stereocenters. The number of aryl methyl sites for hydroxylation is 1. The van der Waals surface area contributed by atoms with Crippen molar-refractivity contribution in [2.75, 3.05) is 18.0 Å². The van der Waals surface area contributed by atoms with Crippen LogP contribution in [-0.4, -0.2) is 23.1 Å². The van der Waals surface area contributed by atoms with Crippen molar-refractivity contribution in [1.29, 1.82) is 0 Å². The summed E-state index contributed by atoms with van der Waals surface area (Å²) in [6.45, 7) is 4.42. The molecule has 0 radical (unpaired) electrons. The molecule has 0 aliphatic carbocycles. The van der Waals surface area contributed by atoms with Gasteiger partial charge in [0.25, 0.3) is 5.56 Å². The quantitative estimate of drug-likeness (QED) is 0.779. The van der Waals surface area contributed by atoms with E-state index in [2.05, 4.69) is 40.0 Å². The van der Waals surface area contributed by atoms with Gasteiger partial charge in [0.2, 0.25) is 0 Å². The summed E-state index contributed by atoms with van der Waals surface area (Å²) in [5.74, 6) is 0. The lowest BCUT2D eigenvalue weighted by atomic mass is 10.0. The zero-order valence-electron chi connectivity index (χ0n) is 13.9. The molecule has 1 aromatic carbocycles. The fourth-order valence-electron chi connectivity index (χ4n) is 3.56. The highest BCUT2D eigenvalue weighted by Gasteiger charge is 2.14. The number of aromatic amines is 1. The summed E-state index contributed by atoms with van der Waals surface area (Å²) >= 11 is 0. The number of fused-ring (bicyclic) bond motifs is 1. The van der Waals surface area contributed by atoms with Crippen molar-refractivity contribution in [3.05, 3.63) is 58.5 Å². The number of anilines is 1. The van der Waals surface area contributed by atoms with Crippen LogP contribution >= 0.6 is 0 Å². The minimum Gasteiger partial charge on any atom is -0.371 e. The second-order valence-electron chi connectivity index (χ2n) is 6.50. The maximum Gasteiger partial charge on any atom is 0.257 e. The maximum absolute atomic E-state index is 12.3. The predicted molar refractivity (Wildman–Crippen MR) is 98.6 cm³/mol. The average Bonchev–Trinajstić information content (AvgIpc) is 2.62. The molecule has 1 saturated heterocycles. The van der Waals surface area contributed by atoms with Crippen LogP contribution in [-0.2, 0) is 0 Å². The third-order valence-electron chi connectivity index (χ3n) is 4.82. The Labute approximate surface area is 141 Å². The largest absolute Gasteiger partial charge is 0.371 e. The zero-order chi connectivity index (χ0) is 16.5. The fraction of sp³-hybridized carbons (Fsp3) is 0.300. The Hall–Kier alpha value is -2.62. The molecule has 3 heterocycles. The van der Waals surface area contributed by atoms with Crippen molar-refractivity contribution in [2.24, 2.45) is 0 Å². The van der Waals surface area contributed by atoms with E-state index in [1.54, 1.807) is 18.3 Å². The van der Waals surface area contributed by atoms with Gasteiger partial charge >= 0.3 is 0 Å². The number of nitrogens with one attached hydrogen (secondary N) is 1. The van der Waals surface area contributed by atoms with Gasteiger partial charge in [0, 0.05) is 25.0 Å². The Kier molecular flexibility index (Phi) is 3.81. The van der Waals surface area contributed by atoms with Gasteiger partial charge < -0.3 is 9.88 Å². The lowest BCUT2D eigenvalue weighted by Gasteiger charge is -2.30. The van der Waals surface area contributed by atoms with Crippen LogP contribution in [0.15, 0.2) is 47.4 Å². The van der Waals surface area contributed by atoms with Crippen molar-refractivity contribution in [3.8, 4) is 11.3 Å². The van der Waals surface area contributed by atoms with Crippen LogP contribution in [0.1, 0.15) is 24.8 Å². The number of benzene rings is 1. The van der Waals surface area contributed by atoms with Gasteiger partial charge in [0.1, 0.15) is 0 Å². The highest BCUT2D eigenvalue weighted by molar-refractivity contribution is 5.81. The minimum atomic E-state index is -0.0895. The molecular formula is C20H21N3O. The molecule has 0 bridgehead atoms. The topological polar surface area (TPSA) is 49.0 Å². The lowest BCUT2D eigenvalue weighted by Crippen LogP contribution is -2.29. The van der Waals surface area contributed by atoms with Crippen LogP contribution < -0.4 is 10.5 Å². The van der Waals surface area contributed by atoms with Gasteiger partial charge in [-0.3, -0.25) is 9.78 Å². The minimum absolute atomic E-state index is 0.0895. The Morgan fingerprint density at radius 2 is 1.92 bits per heavy atom. The molecule has 0 atom stereocenters. The van der Waals surface area contributed by atoms with Crippen LogP contribution in [0.4, 0.5) is 5.69 Å². The van der Waals surface area contributed by atoms with Gasteiger partial charge in [-0.2, -0.15) is 0 Å². The number of nitrogens with zero attached hydrogens (tertiary/aromatic N) is 2. The van der Waals surface area contributed by atoms with Crippen molar-refractivity contribution < 1.29 is 0 Å². The van der Waals surface area contributed by atoms with Gasteiger partial charge in [-0.25, -0.2) is 0 Å². The second-order valence-corrected chi connectivity index (χ2v) is 6.50. The summed E-state index contributed by atoms with van der Waals surface area (Å²) in [7, 11) is 0. The average molecular weight is 319 g/mol. The Balaban J connectivity index is 1.74. The molecule has 4 rings (SSSR count). The molecule has 1 fully saturated rings. The fourth-order valence-corrected chi connectivity index (χ4v) is 3.56. The van der Waals surface area contributed by atoms with Crippen molar-refractivity contribution in [2.45, 2.75) is 26.2 Å². The van der Waals surface area contributed by atoms with Gasteiger partial charge in [-0.15, -0.1) is 0 Å². The van der Waals surface area contributed by atoms with E-state index in [-0.39, 0.29) is 5.56 Å². The third-order valence-corrected chi connectivity index (χ3v) is 4.82. The predicted octanol–water partition coefficient (Wildman–Crippen LogP) is 3.89. The summed E-state index contributed by atoms with van der Waals surface area (Å²) in [4.78, 5) is 22.0. The van der Waals surface area contributed by atoms with E-state index in [0.29, 0.717) is 5.39 Å². The van der Waals surface area contributed by atoms with Crippen LogP contribution in [0.25, 0.3) is 22.2 Å². The summed E-state index contributed by atoms with van der Waals surface area (Å²) in [6.07, 6.45) is 5.59. The standard InChI is InChI=1S/C20H21N3O/c1-14-12-15(7-8-19(14)23-10-3-2-4-11-23)17-13-18-16(20(24)22-17)6-5-9-21-18/h5-9,12-13H,2-4,10-11H2,1H3,(H,22,24). The highest BCUT2D eigenvalue weighted by atomic mass is 16.1. The first-order valence-electron chi connectivity index (χ1n) is 8.56. The number of H-pyrrole nitrogens is 1. The molecule has 4 nitrogen and oxygen atoms in total. The Morgan fingerprint density at radius 1 is 1.08 bits per heavy atom. The SMILES string of the molecule is Cc1cc(-c2cc3ncccc3c(=O)[nH]2)ccc1N1CCCCC1. The van der Waals surface area contributed by atoms with Crippen molar-refractivity contribution in [3.63, 3.8) is 0 Å². The number of hydrogen-bond donors (Lipinski definition) is 1. The molecule has 1 N–H and O–H groups in total. The van der Waals surface area contributed by atoms with E-state index in [4.69, 9.17) is 0 Å². The van der Waals surface area contributed by atoms with Crippen LogP contribution in [0.3, 0.4) is 0 Å². The maximum atomic E-state index is 12.3. The second kappa shape index (κ2) is 6.11. The van der Waals surface area contributed by atoms with E-state index in [9.17, 15) is 4.79 Å². The lowest BCUT2D eigenvalue weighted by molar-refractivity contribution is 0.577. The first-order valence-corrected chi connectivity index (χ1v) is 8.56. The Morgan fingerprint density at radius 3 is 2.71 bits per heavy atom. The number of aromatic nitrogens is 2. The summed E-state index contributed by atoms with van der Waals surface area (Å²) in [5.41, 5.74) is 5.04. The molecule has 3 aromatic rings. The normalized spacial score (nSPS) is 15.0. The molecule has 0 amide bonds. The van der Waals surface area contributed by atoms with E-state index in [1.807, 2.05) is 6.07 Å². The van der Waals surface area contributed by atoms with E-state index < -0.39 is 0 Å². The highest BCUT2D eigenvalue weighted by Crippen LogP contribution is 2.28. The van der Waals surface area contributed by atoms with E-state index >= 15 is 0 Å². The number of piperidine rings is 1. The molecular weight excluding hydrogens is 298 g/mol. The molecule has 122 valence electrons.